The number of nitrogen functional groups attached to an aromatic ring is 1. The molecule has 0 atom stereocenters. The van der Waals surface area contributed by atoms with E-state index in [4.69, 9.17) is 10.8 Å². The van der Waals surface area contributed by atoms with Gasteiger partial charge in [0, 0.05) is 9.86 Å². The number of fused-ring (bicyclic) bond motifs is 1. The number of thiophene rings is 1. The van der Waals surface area contributed by atoms with Gasteiger partial charge in [0.05, 0.1) is 21.9 Å². The monoisotopic (exact) mass is 257 g/mol. The summed E-state index contributed by atoms with van der Waals surface area (Å²) in [6.45, 7) is 0.0115. The Labute approximate surface area is 88.1 Å². The van der Waals surface area contributed by atoms with E-state index in [0.29, 0.717) is 5.69 Å². The number of hydrogen-bond acceptors (Lipinski definition) is 3. The highest BCUT2D eigenvalue weighted by Gasteiger charge is 2.09. The Hall–Kier alpha value is -0.580. The molecule has 1 heterocycles. The van der Waals surface area contributed by atoms with Crippen molar-refractivity contribution >= 4 is 43.0 Å². The Bertz CT molecular complexity index is 452. The molecular weight excluding hydrogens is 250 g/mol. The van der Waals surface area contributed by atoms with Crippen molar-refractivity contribution in [2.24, 2.45) is 0 Å². The first-order chi connectivity index (χ1) is 6.24. The van der Waals surface area contributed by atoms with Crippen molar-refractivity contribution in [2.45, 2.75) is 6.61 Å². The van der Waals surface area contributed by atoms with E-state index < -0.39 is 0 Å². The molecule has 68 valence electrons. The van der Waals surface area contributed by atoms with E-state index >= 15 is 0 Å². The number of anilines is 1. The van der Waals surface area contributed by atoms with E-state index in [-0.39, 0.29) is 6.61 Å². The van der Waals surface area contributed by atoms with Crippen LogP contribution in [-0.2, 0) is 6.61 Å². The summed E-state index contributed by atoms with van der Waals surface area (Å²) in [4.78, 5) is 0.835. The summed E-state index contributed by atoms with van der Waals surface area (Å²) in [5.74, 6) is 0. The fraction of sp³-hybridized carbons (Fsp3) is 0.111. The lowest BCUT2D eigenvalue weighted by molar-refractivity contribution is 0.286. The van der Waals surface area contributed by atoms with Crippen LogP contribution in [0.4, 0.5) is 5.69 Å². The molecule has 2 nitrogen and oxygen atoms in total. The molecule has 0 aliphatic heterocycles. The highest BCUT2D eigenvalue weighted by atomic mass is 79.9. The molecule has 2 rings (SSSR count). The van der Waals surface area contributed by atoms with Crippen LogP contribution in [-0.4, -0.2) is 5.11 Å². The number of halogens is 1. The maximum absolute atomic E-state index is 9.03. The first-order valence-corrected chi connectivity index (χ1v) is 5.41. The van der Waals surface area contributed by atoms with Crippen LogP contribution in [0.25, 0.3) is 10.1 Å². The Morgan fingerprint density at radius 2 is 2.23 bits per heavy atom. The Balaban J connectivity index is 2.83. The van der Waals surface area contributed by atoms with Crippen molar-refractivity contribution in [3.05, 3.63) is 27.5 Å². The smallest absolute Gasteiger partial charge is 0.0795 e. The fourth-order valence-corrected chi connectivity index (χ4v) is 2.86. The third-order valence-corrected chi connectivity index (χ3v) is 4.09. The minimum atomic E-state index is 0.0115. The molecule has 3 N–H and O–H groups in total. The minimum absolute atomic E-state index is 0.0115. The van der Waals surface area contributed by atoms with Crippen molar-refractivity contribution in [3.63, 3.8) is 0 Å². The van der Waals surface area contributed by atoms with Gasteiger partial charge in [0.15, 0.2) is 0 Å². The van der Waals surface area contributed by atoms with Gasteiger partial charge in [-0.05, 0) is 22.0 Å². The summed E-state index contributed by atoms with van der Waals surface area (Å²) in [5.41, 5.74) is 6.55. The van der Waals surface area contributed by atoms with E-state index in [9.17, 15) is 0 Å². The van der Waals surface area contributed by atoms with Gasteiger partial charge in [0.25, 0.3) is 0 Å². The molecule has 0 unspecified atom stereocenters. The largest absolute Gasteiger partial charge is 0.397 e. The maximum atomic E-state index is 9.03. The number of rotatable bonds is 1. The number of aliphatic hydroxyl groups is 1. The number of nitrogens with two attached hydrogens (primary N) is 1. The lowest BCUT2D eigenvalue weighted by Gasteiger charge is -1.93. The van der Waals surface area contributed by atoms with Crippen LogP contribution in [0, 0.1) is 0 Å². The molecule has 0 saturated heterocycles. The molecule has 1 aromatic carbocycles. The summed E-state index contributed by atoms with van der Waals surface area (Å²) in [7, 11) is 0. The number of aliphatic hydroxyl groups excluding tert-OH is 1. The van der Waals surface area contributed by atoms with Gasteiger partial charge in [-0.1, -0.05) is 12.1 Å². The Morgan fingerprint density at radius 1 is 1.46 bits per heavy atom. The van der Waals surface area contributed by atoms with Crippen LogP contribution >= 0.6 is 27.3 Å². The number of hydrogen-bond donors (Lipinski definition) is 2. The Morgan fingerprint density at radius 3 is 2.85 bits per heavy atom. The first kappa shape index (κ1) is 8.99. The van der Waals surface area contributed by atoms with E-state index in [2.05, 4.69) is 15.9 Å². The second-order valence-corrected chi connectivity index (χ2v) is 4.67. The van der Waals surface area contributed by atoms with Gasteiger partial charge >= 0.3 is 0 Å². The molecule has 0 saturated carbocycles. The Kier molecular flexibility index (Phi) is 2.27. The number of benzene rings is 1. The fourth-order valence-electron chi connectivity index (χ4n) is 1.27. The molecule has 0 spiro atoms. The van der Waals surface area contributed by atoms with Gasteiger partial charge in [-0.25, -0.2) is 0 Å². The van der Waals surface area contributed by atoms with Crippen LogP contribution in [0.15, 0.2) is 22.7 Å². The van der Waals surface area contributed by atoms with Gasteiger partial charge in [0.1, 0.15) is 0 Å². The molecule has 0 aliphatic carbocycles. The lowest BCUT2D eigenvalue weighted by atomic mass is 10.2. The van der Waals surface area contributed by atoms with Crippen molar-refractivity contribution in [3.8, 4) is 0 Å². The zero-order valence-corrected chi connectivity index (χ0v) is 9.15. The standard InChI is InChI=1S/C9H8BrNOS/c10-6-3-1-2-5-8(11)7(4-12)13-9(5)6/h1-3,12H,4,11H2. The lowest BCUT2D eigenvalue weighted by Crippen LogP contribution is -1.87. The van der Waals surface area contributed by atoms with Crippen LogP contribution in [0.1, 0.15) is 4.88 Å². The molecule has 4 heteroatoms. The molecule has 0 fully saturated rings. The summed E-state index contributed by atoms with van der Waals surface area (Å²) in [6, 6.07) is 5.88. The molecule has 13 heavy (non-hydrogen) atoms. The van der Waals surface area contributed by atoms with Crippen molar-refractivity contribution in [1.29, 1.82) is 0 Å². The van der Waals surface area contributed by atoms with Crippen LogP contribution < -0.4 is 5.73 Å². The molecule has 1 aromatic heterocycles. The molecule has 2 aromatic rings. The van der Waals surface area contributed by atoms with Gasteiger partial charge < -0.3 is 10.8 Å². The second-order valence-electron chi connectivity index (χ2n) is 2.71. The summed E-state index contributed by atoms with van der Waals surface area (Å²) >= 11 is 4.98. The predicted octanol–water partition coefficient (Wildman–Crippen LogP) is 2.74. The van der Waals surface area contributed by atoms with E-state index in [1.165, 1.54) is 11.3 Å². The second kappa shape index (κ2) is 3.29. The maximum Gasteiger partial charge on any atom is 0.0795 e. The van der Waals surface area contributed by atoms with E-state index in [1.807, 2.05) is 18.2 Å². The average molecular weight is 258 g/mol. The summed E-state index contributed by atoms with van der Waals surface area (Å²) in [5, 5.41) is 10.0. The van der Waals surface area contributed by atoms with Crippen LogP contribution in [0.2, 0.25) is 0 Å². The minimum Gasteiger partial charge on any atom is -0.397 e. The SMILES string of the molecule is Nc1c(CO)sc2c(Br)cccc12. The van der Waals surface area contributed by atoms with Gasteiger partial charge in [-0.15, -0.1) is 11.3 Å². The topological polar surface area (TPSA) is 46.2 Å². The van der Waals surface area contributed by atoms with Crippen molar-refractivity contribution in [1.82, 2.24) is 0 Å². The van der Waals surface area contributed by atoms with Crippen molar-refractivity contribution in [2.75, 3.05) is 5.73 Å². The highest BCUT2D eigenvalue weighted by Crippen LogP contribution is 2.37. The molecule has 0 amide bonds. The van der Waals surface area contributed by atoms with Gasteiger partial charge in [-0.3, -0.25) is 0 Å². The molecular formula is C9H8BrNOS. The highest BCUT2D eigenvalue weighted by molar-refractivity contribution is 9.10. The average Bonchev–Trinajstić information content (AvgIpc) is 2.45. The third-order valence-electron chi connectivity index (χ3n) is 1.93. The molecule has 0 radical (unpaired) electrons. The van der Waals surface area contributed by atoms with Crippen LogP contribution in [0.5, 0.6) is 0 Å². The first-order valence-electron chi connectivity index (χ1n) is 3.80. The third kappa shape index (κ3) is 1.35. The normalized spacial score (nSPS) is 10.9. The van der Waals surface area contributed by atoms with E-state index in [1.54, 1.807) is 0 Å². The molecule has 0 aliphatic rings. The van der Waals surface area contributed by atoms with Crippen LogP contribution in [0.3, 0.4) is 0 Å². The van der Waals surface area contributed by atoms with Crippen molar-refractivity contribution < 1.29 is 5.11 Å². The zero-order chi connectivity index (χ0) is 9.42. The molecule has 0 bridgehead atoms. The summed E-state index contributed by atoms with van der Waals surface area (Å²) < 4.78 is 2.13. The quantitative estimate of drug-likeness (QED) is 0.826. The van der Waals surface area contributed by atoms with Gasteiger partial charge in [0.2, 0.25) is 0 Å². The predicted molar refractivity (Wildman–Crippen MR) is 59.9 cm³/mol. The van der Waals surface area contributed by atoms with Gasteiger partial charge in [-0.2, -0.15) is 0 Å². The zero-order valence-electron chi connectivity index (χ0n) is 6.75. The van der Waals surface area contributed by atoms with E-state index in [0.717, 1.165) is 19.4 Å². The summed E-state index contributed by atoms with van der Waals surface area (Å²) in [6.07, 6.45) is 0.